The highest BCUT2D eigenvalue weighted by molar-refractivity contribution is 5.97. The van der Waals surface area contributed by atoms with Crippen molar-refractivity contribution in [1.29, 1.82) is 0 Å². The van der Waals surface area contributed by atoms with Gasteiger partial charge in [0.2, 0.25) is 0 Å². The molecule has 0 aromatic rings. The van der Waals surface area contributed by atoms with Crippen molar-refractivity contribution in [2.75, 3.05) is 19.6 Å². The summed E-state index contributed by atoms with van der Waals surface area (Å²) in [7, 11) is 0. The number of hydrogen-bond donors (Lipinski definition) is 1. The Morgan fingerprint density at radius 2 is 2.43 bits per heavy atom. The van der Waals surface area contributed by atoms with E-state index in [1.807, 2.05) is 12.2 Å². The molecule has 1 unspecified atom stereocenters. The molecule has 0 aliphatic carbocycles. The molecule has 0 spiro atoms. The number of Topliss-reactive ketones (excluding diaryl/α,β-unsaturated/α-hetero) is 1. The van der Waals surface area contributed by atoms with E-state index in [2.05, 4.69) is 11.0 Å². The van der Waals surface area contributed by atoms with Crippen molar-refractivity contribution < 1.29 is 4.79 Å². The standard InChI is InChI=1S/C11H16N2O/c12-6-4-9-5-8-13-7-2-1-3-10(13)11(9)14/h1-3,9H,4-8,12H2. The molecular weight excluding hydrogens is 176 g/mol. The molecular formula is C11H16N2O. The van der Waals surface area contributed by atoms with Crippen molar-refractivity contribution in [1.82, 2.24) is 4.90 Å². The van der Waals surface area contributed by atoms with Gasteiger partial charge in [-0.05, 0) is 25.5 Å². The fourth-order valence-corrected chi connectivity index (χ4v) is 2.13. The van der Waals surface area contributed by atoms with Crippen LogP contribution >= 0.6 is 0 Å². The molecule has 76 valence electrons. The van der Waals surface area contributed by atoms with Crippen LogP contribution in [0.4, 0.5) is 0 Å². The summed E-state index contributed by atoms with van der Waals surface area (Å²) in [5.41, 5.74) is 6.38. The Morgan fingerprint density at radius 1 is 1.57 bits per heavy atom. The molecule has 0 amide bonds. The van der Waals surface area contributed by atoms with Crippen LogP contribution in [0, 0.1) is 5.92 Å². The quantitative estimate of drug-likeness (QED) is 0.700. The molecule has 2 aliphatic heterocycles. The van der Waals surface area contributed by atoms with Crippen molar-refractivity contribution in [3.8, 4) is 0 Å². The smallest absolute Gasteiger partial charge is 0.182 e. The fourth-order valence-electron chi connectivity index (χ4n) is 2.13. The number of hydrogen-bond acceptors (Lipinski definition) is 3. The second-order valence-corrected chi connectivity index (χ2v) is 3.85. The summed E-state index contributed by atoms with van der Waals surface area (Å²) in [6.07, 6.45) is 7.76. The predicted octanol–water partition coefficient (Wildman–Crippen LogP) is 0.680. The number of piperidine rings is 1. The van der Waals surface area contributed by atoms with Gasteiger partial charge in [0, 0.05) is 19.0 Å². The Hall–Kier alpha value is -1.09. The van der Waals surface area contributed by atoms with Crippen LogP contribution in [0.2, 0.25) is 0 Å². The second kappa shape index (κ2) is 3.96. The molecule has 14 heavy (non-hydrogen) atoms. The maximum Gasteiger partial charge on any atom is 0.182 e. The molecule has 2 heterocycles. The van der Waals surface area contributed by atoms with Crippen LogP contribution < -0.4 is 5.73 Å². The van der Waals surface area contributed by atoms with E-state index in [0.29, 0.717) is 6.54 Å². The summed E-state index contributed by atoms with van der Waals surface area (Å²) in [5, 5.41) is 0. The van der Waals surface area contributed by atoms with Crippen LogP contribution in [-0.2, 0) is 4.79 Å². The minimum absolute atomic E-state index is 0.161. The van der Waals surface area contributed by atoms with E-state index in [9.17, 15) is 4.79 Å². The van der Waals surface area contributed by atoms with Gasteiger partial charge >= 0.3 is 0 Å². The van der Waals surface area contributed by atoms with E-state index in [4.69, 9.17) is 5.73 Å². The third-order valence-electron chi connectivity index (χ3n) is 2.94. The van der Waals surface area contributed by atoms with E-state index < -0.39 is 0 Å². The Morgan fingerprint density at radius 3 is 3.21 bits per heavy atom. The summed E-state index contributed by atoms with van der Waals surface area (Å²) in [5.74, 6) is 0.444. The minimum Gasteiger partial charge on any atom is -0.365 e. The lowest BCUT2D eigenvalue weighted by Gasteiger charge is -2.35. The molecule has 3 heteroatoms. The summed E-state index contributed by atoms with van der Waals surface area (Å²) in [6, 6.07) is 0. The first-order chi connectivity index (χ1) is 6.83. The molecule has 3 nitrogen and oxygen atoms in total. The maximum atomic E-state index is 12.0. The monoisotopic (exact) mass is 192 g/mol. The van der Waals surface area contributed by atoms with Gasteiger partial charge in [-0.2, -0.15) is 0 Å². The lowest BCUT2D eigenvalue weighted by Crippen LogP contribution is -2.40. The summed E-state index contributed by atoms with van der Waals surface area (Å²) in [4.78, 5) is 14.1. The first-order valence-electron chi connectivity index (χ1n) is 5.19. The van der Waals surface area contributed by atoms with Gasteiger partial charge in [0.05, 0.1) is 5.70 Å². The zero-order chi connectivity index (χ0) is 9.97. The lowest BCUT2D eigenvalue weighted by molar-refractivity contribution is -0.122. The third kappa shape index (κ3) is 1.60. The number of nitrogens with two attached hydrogens (primary N) is 1. The number of rotatable bonds is 2. The van der Waals surface area contributed by atoms with Gasteiger partial charge in [-0.3, -0.25) is 4.79 Å². The van der Waals surface area contributed by atoms with Gasteiger partial charge in [0.1, 0.15) is 0 Å². The first kappa shape index (κ1) is 9.46. The van der Waals surface area contributed by atoms with Crippen LogP contribution in [-0.4, -0.2) is 30.3 Å². The van der Waals surface area contributed by atoms with Crippen molar-refractivity contribution >= 4 is 5.78 Å². The van der Waals surface area contributed by atoms with Crippen molar-refractivity contribution in [2.24, 2.45) is 11.7 Å². The highest BCUT2D eigenvalue weighted by Crippen LogP contribution is 2.25. The highest BCUT2D eigenvalue weighted by Gasteiger charge is 2.30. The lowest BCUT2D eigenvalue weighted by atomic mass is 9.89. The number of ketones is 1. The number of carbonyl (C=O) groups excluding carboxylic acids is 1. The van der Waals surface area contributed by atoms with Crippen LogP contribution in [0.25, 0.3) is 0 Å². The van der Waals surface area contributed by atoms with Gasteiger partial charge in [0.15, 0.2) is 5.78 Å². The number of fused-ring (bicyclic) bond motifs is 1. The highest BCUT2D eigenvalue weighted by atomic mass is 16.1. The van der Waals surface area contributed by atoms with Crippen LogP contribution in [0.3, 0.4) is 0 Å². The number of nitrogens with zero attached hydrogens (tertiary/aromatic N) is 1. The van der Waals surface area contributed by atoms with Crippen LogP contribution in [0.15, 0.2) is 23.9 Å². The number of carbonyl (C=O) groups is 1. The average Bonchev–Trinajstić information content (AvgIpc) is 2.23. The average molecular weight is 192 g/mol. The van der Waals surface area contributed by atoms with Gasteiger partial charge in [-0.25, -0.2) is 0 Å². The van der Waals surface area contributed by atoms with Gasteiger partial charge in [-0.1, -0.05) is 12.2 Å². The third-order valence-corrected chi connectivity index (χ3v) is 2.94. The van der Waals surface area contributed by atoms with Crippen molar-refractivity contribution in [3.05, 3.63) is 23.9 Å². The first-order valence-corrected chi connectivity index (χ1v) is 5.19. The van der Waals surface area contributed by atoms with E-state index >= 15 is 0 Å². The topological polar surface area (TPSA) is 46.3 Å². The molecule has 1 saturated heterocycles. The second-order valence-electron chi connectivity index (χ2n) is 3.85. The molecule has 1 fully saturated rings. The van der Waals surface area contributed by atoms with Gasteiger partial charge in [0.25, 0.3) is 0 Å². The maximum absolute atomic E-state index is 12.0. The Kier molecular flexibility index (Phi) is 2.68. The summed E-state index contributed by atoms with van der Waals surface area (Å²) < 4.78 is 0. The molecule has 0 aromatic heterocycles. The zero-order valence-corrected chi connectivity index (χ0v) is 8.28. The SMILES string of the molecule is NCCC1CCN2CC=CC=C2C1=O. The molecule has 2 N–H and O–H groups in total. The Balaban J connectivity index is 2.13. The normalized spacial score (nSPS) is 26.1. The van der Waals surface area contributed by atoms with Crippen molar-refractivity contribution in [2.45, 2.75) is 12.8 Å². The van der Waals surface area contributed by atoms with Crippen molar-refractivity contribution in [3.63, 3.8) is 0 Å². The van der Waals surface area contributed by atoms with E-state index in [-0.39, 0.29) is 11.7 Å². The molecule has 2 aliphatic rings. The van der Waals surface area contributed by atoms with Gasteiger partial charge in [-0.15, -0.1) is 0 Å². The molecule has 0 aromatic carbocycles. The summed E-state index contributed by atoms with van der Waals surface area (Å²) >= 11 is 0. The fraction of sp³-hybridized carbons (Fsp3) is 0.545. The molecule has 0 radical (unpaired) electrons. The predicted molar refractivity (Wildman–Crippen MR) is 55.6 cm³/mol. The Bertz CT molecular complexity index is 294. The molecule has 0 bridgehead atoms. The number of allylic oxidation sites excluding steroid dienone is 3. The van der Waals surface area contributed by atoms with Crippen LogP contribution in [0.1, 0.15) is 12.8 Å². The van der Waals surface area contributed by atoms with Crippen LogP contribution in [0.5, 0.6) is 0 Å². The largest absolute Gasteiger partial charge is 0.365 e. The molecule has 2 rings (SSSR count). The minimum atomic E-state index is 0.161. The molecule has 0 saturated carbocycles. The molecule has 1 atom stereocenters. The van der Waals surface area contributed by atoms with Gasteiger partial charge < -0.3 is 10.6 Å². The Labute approximate surface area is 84.3 Å². The zero-order valence-electron chi connectivity index (χ0n) is 8.28. The van der Waals surface area contributed by atoms with E-state index in [1.165, 1.54) is 0 Å². The summed E-state index contributed by atoms with van der Waals surface area (Å²) in [6.45, 7) is 2.49. The van der Waals surface area contributed by atoms with E-state index in [0.717, 1.165) is 31.6 Å². The van der Waals surface area contributed by atoms with E-state index in [1.54, 1.807) is 0 Å².